The lowest BCUT2D eigenvalue weighted by Crippen LogP contribution is -2.44. The summed E-state index contributed by atoms with van der Waals surface area (Å²) in [6, 6.07) is 0.0914. The van der Waals surface area contributed by atoms with Gasteiger partial charge in [-0.1, -0.05) is 12.8 Å². The number of carbonyl (C=O) groups excluding carboxylic acids is 1. The number of nitrogens with two attached hydrogens (primary N) is 1. The molecule has 2 rings (SSSR count). The van der Waals surface area contributed by atoms with Crippen molar-refractivity contribution in [1.29, 1.82) is 0 Å². The molecule has 0 aliphatic heterocycles. The van der Waals surface area contributed by atoms with Gasteiger partial charge in [-0.15, -0.1) is 0 Å². The molecule has 0 spiro atoms. The third-order valence-electron chi connectivity index (χ3n) is 3.89. The fraction of sp³-hybridized carbons (Fsp3) is 0.692. The van der Waals surface area contributed by atoms with Gasteiger partial charge in [-0.05, 0) is 32.6 Å². The van der Waals surface area contributed by atoms with Crippen molar-refractivity contribution < 1.29 is 4.79 Å². The Bertz CT molecular complexity index is 401. The molecule has 4 N–H and O–H groups in total. The predicted molar refractivity (Wildman–Crippen MR) is 70.3 cm³/mol. The second-order valence-corrected chi connectivity index (χ2v) is 5.17. The van der Waals surface area contributed by atoms with Crippen LogP contribution in [0.15, 0.2) is 0 Å². The smallest absolute Gasteiger partial charge is 0.255 e. The van der Waals surface area contributed by atoms with E-state index in [4.69, 9.17) is 5.73 Å². The number of hydrogen-bond acceptors (Lipinski definition) is 3. The SMILES string of the molecule is Cc1n[nH]c(C)c1C(=O)NC(CN)C1CCCC1. The van der Waals surface area contributed by atoms with Crippen molar-refractivity contribution in [3.05, 3.63) is 17.0 Å². The molecule has 5 nitrogen and oxygen atoms in total. The summed E-state index contributed by atoms with van der Waals surface area (Å²) in [7, 11) is 0. The Morgan fingerprint density at radius 1 is 1.50 bits per heavy atom. The van der Waals surface area contributed by atoms with Crippen molar-refractivity contribution >= 4 is 5.91 Å². The van der Waals surface area contributed by atoms with E-state index in [1.807, 2.05) is 13.8 Å². The van der Waals surface area contributed by atoms with Crippen molar-refractivity contribution in [3.8, 4) is 0 Å². The van der Waals surface area contributed by atoms with Crippen LogP contribution in [0.2, 0.25) is 0 Å². The maximum Gasteiger partial charge on any atom is 0.255 e. The van der Waals surface area contributed by atoms with Crippen LogP contribution < -0.4 is 11.1 Å². The first kappa shape index (κ1) is 13.1. The molecule has 1 aromatic rings. The number of aryl methyl sites for hydroxylation is 2. The highest BCUT2D eigenvalue weighted by Crippen LogP contribution is 2.27. The van der Waals surface area contributed by atoms with Crippen LogP contribution >= 0.6 is 0 Å². The number of H-pyrrole nitrogens is 1. The summed E-state index contributed by atoms with van der Waals surface area (Å²) in [5.74, 6) is 0.479. The average molecular weight is 250 g/mol. The van der Waals surface area contributed by atoms with Gasteiger partial charge in [0.25, 0.3) is 5.91 Å². The zero-order valence-corrected chi connectivity index (χ0v) is 11.1. The second-order valence-electron chi connectivity index (χ2n) is 5.17. The largest absolute Gasteiger partial charge is 0.348 e. The number of carbonyl (C=O) groups is 1. The van der Waals surface area contributed by atoms with Crippen molar-refractivity contribution in [1.82, 2.24) is 15.5 Å². The highest BCUT2D eigenvalue weighted by molar-refractivity contribution is 5.96. The van der Waals surface area contributed by atoms with Crippen LogP contribution in [0.25, 0.3) is 0 Å². The van der Waals surface area contributed by atoms with E-state index in [1.165, 1.54) is 25.7 Å². The first-order valence-corrected chi connectivity index (χ1v) is 6.66. The number of aromatic nitrogens is 2. The van der Waals surface area contributed by atoms with Gasteiger partial charge in [0.1, 0.15) is 0 Å². The molecule has 1 heterocycles. The highest BCUT2D eigenvalue weighted by atomic mass is 16.1. The number of rotatable bonds is 4. The van der Waals surface area contributed by atoms with Crippen LogP contribution in [0.3, 0.4) is 0 Å². The lowest BCUT2D eigenvalue weighted by Gasteiger charge is -2.23. The monoisotopic (exact) mass is 250 g/mol. The molecular weight excluding hydrogens is 228 g/mol. The summed E-state index contributed by atoms with van der Waals surface area (Å²) < 4.78 is 0. The number of amides is 1. The standard InChI is InChI=1S/C13H22N4O/c1-8-12(9(2)17-16-8)13(18)15-11(7-14)10-5-3-4-6-10/h10-11H,3-7,14H2,1-2H3,(H,15,18)(H,16,17). The molecule has 1 atom stereocenters. The molecule has 1 unspecified atom stereocenters. The molecule has 1 saturated carbocycles. The Hall–Kier alpha value is -1.36. The molecule has 0 saturated heterocycles. The zero-order valence-electron chi connectivity index (χ0n) is 11.1. The molecule has 1 amide bonds. The number of hydrogen-bond donors (Lipinski definition) is 3. The molecule has 100 valence electrons. The Balaban J connectivity index is 2.05. The molecule has 0 bridgehead atoms. The van der Waals surface area contributed by atoms with Crippen LogP contribution in [0.5, 0.6) is 0 Å². The second kappa shape index (κ2) is 5.52. The van der Waals surface area contributed by atoms with E-state index in [0.717, 1.165) is 11.4 Å². The van der Waals surface area contributed by atoms with Crippen molar-refractivity contribution in [3.63, 3.8) is 0 Å². The van der Waals surface area contributed by atoms with E-state index in [1.54, 1.807) is 0 Å². The normalized spacial score (nSPS) is 17.9. The lowest BCUT2D eigenvalue weighted by atomic mass is 9.97. The molecule has 18 heavy (non-hydrogen) atoms. The van der Waals surface area contributed by atoms with Gasteiger partial charge in [-0.2, -0.15) is 5.10 Å². The van der Waals surface area contributed by atoms with Crippen LogP contribution in [0.1, 0.15) is 47.4 Å². The van der Waals surface area contributed by atoms with Gasteiger partial charge in [-0.25, -0.2) is 0 Å². The molecule has 1 aliphatic carbocycles. The predicted octanol–water partition coefficient (Wildman–Crippen LogP) is 1.27. The van der Waals surface area contributed by atoms with Gasteiger partial charge in [0.05, 0.1) is 11.3 Å². The maximum absolute atomic E-state index is 12.2. The fourth-order valence-corrected chi connectivity index (χ4v) is 2.86. The quantitative estimate of drug-likeness (QED) is 0.752. The minimum absolute atomic E-state index is 0.0545. The summed E-state index contributed by atoms with van der Waals surface area (Å²) >= 11 is 0. The summed E-state index contributed by atoms with van der Waals surface area (Å²) in [5, 5.41) is 9.96. The third kappa shape index (κ3) is 2.56. The van der Waals surface area contributed by atoms with E-state index in [-0.39, 0.29) is 11.9 Å². The molecule has 1 aliphatic rings. The summed E-state index contributed by atoms with van der Waals surface area (Å²) in [4.78, 5) is 12.2. The minimum Gasteiger partial charge on any atom is -0.348 e. The molecule has 1 aromatic heterocycles. The Labute approximate surface area is 108 Å². The topological polar surface area (TPSA) is 83.8 Å². The minimum atomic E-state index is -0.0545. The fourth-order valence-electron chi connectivity index (χ4n) is 2.86. The van der Waals surface area contributed by atoms with E-state index >= 15 is 0 Å². The third-order valence-corrected chi connectivity index (χ3v) is 3.89. The summed E-state index contributed by atoms with van der Waals surface area (Å²) in [5.41, 5.74) is 8.01. The Morgan fingerprint density at radius 2 is 2.17 bits per heavy atom. The van der Waals surface area contributed by atoms with Gasteiger partial charge in [-0.3, -0.25) is 9.89 Å². The van der Waals surface area contributed by atoms with Crippen molar-refractivity contribution in [2.75, 3.05) is 6.54 Å². The Morgan fingerprint density at radius 3 is 2.67 bits per heavy atom. The molecule has 1 fully saturated rings. The van der Waals surface area contributed by atoms with Crippen molar-refractivity contribution in [2.24, 2.45) is 11.7 Å². The molecule has 0 radical (unpaired) electrons. The van der Waals surface area contributed by atoms with Gasteiger partial charge >= 0.3 is 0 Å². The average Bonchev–Trinajstić information content (AvgIpc) is 2.96. The first-order valence-electron chi connectivity index (χ1n) is 6.66. The van der Waals surface area contributed by atoms with Crippen LogP contribution in [-0.2, 0) is 0 Å². The molecule has 0 aromatic carbocycles. The molecular formula is C13H22N4O. The lowest BCUT2D eigenvalue weighted by molar-refractivity contribution is 0.0923. The van der Waals surface area contributed by atoms with Crippen LogP contribution in [0, 0.1) is 19.8 Å². The zero-order chi connectivity index (χ0) is 13.1. The number of aromatic amines is 1. The van der Waals surface area contributed by atoms with Gasteiger partial charge in [0.15, 0.2) is 0 Å². The van der Waals surface area contributed by atoms with Crippen LogP contribution in [-0.4, -0.2) is 28.7 Å². The van der Waals surface area contributed by atoms with Gasteiger partial charge in [0.2, 0.25) is 0 Å². The van der Waals surface area contributed by atoms with Crippen molar-refractivity contribution in [2.45, 2.75) is 45.6 Å². The first-order chi connectivity index (χ1) is 8.63. The maximum atomic E-state index is 12.2. The van der Waals surface area contributed by atoms with Gasteiger partial charge in [0, 0.05) is 18.3 Å². The number of nitrogens with one attached hydrogen (secondary N) is 2. The van der Waals surface area contributed by atoms with Crippen LogP contribution in [0.4, 0.5) is 0 Å². The Kier molecular flexibility index (Phi) is 4.01. The highest BCUT2D eigenvalue weighted by Gasteiger charge is 2.26. The summed E-state index contributed by atoms with van der Waals surface area (Å²) in [6.07, 6.45) is 4.85. The van der Waals surface area contributed by atoms with E-state index in [9.17, 15) is 4.79 Å². The molecule has 5 heteroatoms. The van der Waals surface area contributed by atoms with E-state index < -0.39 is 0 Å². The number of nitrogens with zero attached hydrogens (tertiary/aromatic N) is 1. The summed E-state index contributed by atoms with van der Waals surface area (Å²) in [6.45, 7) is 4.21. The van der Waals surface area contributed by atoms with E-state index in [2.05, 4.69) is 15.5 Å². The van der Waals surface area contributed by atoms with Gasteiger partial charge < -0.3 is 11.1 Å². The van der Waals surface area contributed by atoms with E-state index in [0.29, 0.717) is 18.0 Å².